The van der Waals surface area contributed by atoms with Gasteiger partial charge in [0, 0.05) is 30.6 Å². The Kier molecular flexibility index (Phi) is 7.88. The normalized spacial score (nSPS) is 24.3. The topological polar surface area (TPSA) is 107 Å². The van der Waals surface area contributed by atoms with Gasteiger partial charge in [0.25, 0.3) is 5.91 Å². The molecule has 0 spiro atoms. The largest absolute Gasteiger partial charge is 0.497 e. The second-order valence-corrected chi connectivity index (χ2v) is 8.45. The van der Waals surface area contributed by atoms with E-state index in [4.69, 9.17) is 18.9 Å². The van der Waals surface area contributed by atoms with Crippen LogP contribution in [0.4, 0.5) is 0 Å². The van der Waals surface area contributed by atoms with E-state index in [1.807, 2.05) is 38.1 Å². The lowest BCUT2D eigenvalue weighted by molar-refractivity contribution is -0.258. The number of aliphatic hydroxyl groups is 1. The van der Waals surface area contributed by atoms with E-state index in [-0.39, 0.29) is 24.8 Å². The fraction of sp³-hybridized carbons (Fsp3) is 0.636. The summed E-state index contributed by atoms with van der Waals surface area (Å²) in [6.45, 7) is 6.20. The summed E-state index contributed by atoms with van der Waals surface area (Å²) in [7, 11) is 1.59. The molecule has 3 atom stereocenters. The molecular formula is C22H32N2O7. The van der Waals surface area contributed by atoms with Gasteiger partial charge in [0.1, 0.15) is 18.0 Å². The Morgan fingerprint density at radius 3 is 2.58 bits per heavy atom. The average molecular weight is 437 g/mol. The maximum atomic E-state index is 12.8. The number of morpholine rings is 1. The number of hydrogen-bond donors (Lipinski definition) is 2. The van der Waals surface area contributed by atoms with Crippen molar-refractivity contribution in [2.45, 2.75) is 38.8 Å². The number of methoxy groups -OCH3 is 1. The smallest absolute Gasteiger partial charge is 0.251 e. The molecule has 0 aromatic heterocycles. The summed E-state index contributed by atoms with van der Waals surface area (Å²) in [6, 6.07) is 7.29. The zero-order valence-corrected chi connectivity index (χ0v) is 18.3. The van der Waals surface area contributed by atoms with E-state index in [2.05, 4.69) is 5.32 Å². The maximum absolute atomic E-state index is 12.8. The Balaban J connectivity index is 1.52. The molecule has 9 heteroatoms. The molecule has 2 fully saturated rings. The number of benzene rings is 1. The quantitative estimate of drug-likeness (QED) is 0.653. The highest BCUT2D eigenvalue weighted by atomic mass is 16.7. The van der Waals surface area contributed by atoms with Crippen molar-refractivity contribution >= 4 is 11.8 Å². The van der Waals surface area contributed by atoms with Crippen LogP contribution in [0, 0.1) is 5.41 Å². The van der Waals surface area contributed by atoms with E-state index in [1.165, 1.54) is 0 Å². The molecule has 0 saturated carbocycles. The van der Waals surface area contributed by atoms with Gasteiger partial charge in [-0.3, -0.25) is 9.59 Å². The Labute approximate surface area is 182 Å². The Hall–Kier alpha value is -2.20. The van der Waals surface area contributed by atoms with Crippen LogP contribution in [0.2, 0.25) is 0 Å². The third-order valence-corrected chi connectivity index (χ3v) is 5.53. The van der Waals surface area contributed by atoms with E-state index < -0.39 is 23.9 Å². The van der Waals surface area contributed by atoms with Gasteiger partial charge in [-0.15, -0.1) is 0 Å². The number of aliphatic hydroxyl groups excluding tert-OH is 1. The molecule has 0 radical (unpaired) electrons. The van der Waals surface area contributed by atoms with Crippen molar-refractivity contribution in [3.05, 3.63) is 29.8 Å². The van der Waals surface area contributed by atoms with Crippen molar-refractivity contribution in [2.75, 3.05) is 46.6 Å². The van der Waals surface area contributed by atoms with Crippen LogP contribution in [0.15, 0.2) is 24.3 Å². The Morgan fingerprint density at radius 2 is 1.94 bits per heavy atom. The van der Waals surface area contributed by atoms with Crippen LogP contribution in [0.5, 0.6) is 5.75 Å². The molecule has 1 aromatic carbocycles. The number of hydrogen-bond acceptors (Lipinski definition) is 7. The SMILES string of the molecule is COc1ccc([C@@H]2OCC(C)(C)C(C(=O)NCCC(O)C(=O)N3CCOCC3)O2)cc1. The van der Waals surface area contributed by atoms with Crippen LogP contribution < -0.4 is 10.1 Å². The first-order valence-electron chi connectivity index (χ1n) is 10.5. The van der Waals surface area contributed by atoms with Crippen LogP contribution >= 0.6 is 0 Å². The summed E-state index contributed by atoms with van der Waals surface area (Å²) in [5, 5.41) is 13.0. The molecule has 2 aliphatic heterocycles. The van der Waals surface area contributed by atoms with E-state index in [0.717, 1.165) is 11.3 Å². The first kappa shape index (κ1) is 23.5. The maximum Gasteiger partial charge on any atom is 0.251 e. The number of nitrogens with zero attached hydrogens (tertiary/aromatic N) is 1. The molecule has 3 rings (SSSR count). The molecule has 1 aromatic rings. The van der Waals surface area contributed by atoms with Crippen molar-refractivity contribution in [1.82, 2.24) is 10.2 Å². The molecule has 31 heavy (non-hydrogen) atoms. The lowest BCUT2D eigenvalue weighted by Gasteiger charge is -2.41. The van der Waals surface area contributed by atoms with Crippen LogP contribution in [0.1, 0.15) is 32.1 Å². The van der Waals surface area contributed by atoms with Crippen LogP contribution in [0.3, 0.4) is 0 Å². The Bertz CT molecular complexity index is 747. The van der Waals surface area contributed by atoms with Crippen molar-refractivity contribution in [3.63, 3.8) is 0 Å². The average Bonchev–Trinajstić information content (AvgIpc) is 2.79. The molecule has 2 unspecified atom stereocenters. The van der Waals surface area contributed by atoms with Gasteiger partial charge in [0.15, 0.2) is 6.29 Å². The number of rotatable bonds is 7. The van der Waals surface area contributed by atoms with Gasteiger partial charge in [-0.25, -0.2) is 0 Å². The first-order valence-corrected chi connectivity index (χ1v) is 10.5. The van der Waals surface area contributed by atoms with E-state index in [0.29, 0.717) is 32.9 Å². The summed E-state index contributed by atoms with van der Waals surface area (Å²) in [4.78, 5) is 26.7. The van der Waals surface area contributed by atoms with Crippen molar-refractivity contribution in [1.29, 1.82) is 0 Å². The molecule has 2 saturated heterocycles. The highest BCUT2D eigenvalue weighted by Gasteiger charge is 2.43. The van der Waals surface area contributed by atoms with Crippen LogP contribution in [-0.4, -0.2) is 80.6 Å². The summed E-state index contributed by atoms with van der Waals surface area (Å²) >= 11 is 0. The van der Waals surface area contributed by atoms with Crippen LogP contribution in [-0.2, 0) is 23.8 Å². The molecule has 0 aliphatic carbocycles. The van der Waals surface area contributed by atoms with Gasteiger partial charge in [-0.1, -0.05) is 26.0 Å². The van der Waals surface area contributed by atoms with E-state index >= 15 is 0 Å². The molecule has 2 heterocycles. The Morgan fingerprint density at radius 1 is 1.26 bits per heavy atom. The van der Waals surface area contributed by atoms with Crippen molar-refractivity contribution in [2.24, 2.45) is 5.41 Å². The minimum absolute atomic E-state index is 0.132. The molecule has 172 valence electrons. The van der Waals surface area contributed by atoms with Gasteiger partial charge >= 0.3 is 0 Å². The number of ether oxygens (including phenoxy) is 4. The molecule has 2 N–H and O–H groups in total. The predicted octanol–water partition coefficient (Wildman–Crippen LogP) is 0.861. The fourth-order valence-corrected chi connectivity index (χ4v) is 3.61. The van der Waals surface area contributed by atoms with Gasteiger partial charge in [0.05, 0.1) is 26.9 Å². The first-order chi connectivity index (χ1) is 14.8. The van der Waals surface area contributed by atoms with Crippen molar-refractivity contribution < 1.29 is 33.6 Å². The number of nitrogens with one attached hydrogen (secondary N) is 1. The van der Waals surface area contributed by atoms with Gasteiger partial charge in [-0.05, 0) is 18.6 Å². The number of carbonyl (C=O) groups is 2. The molecule has 9 nitrogen and oxygen atoms in total. The number of amides is 2. The van der Waals surface area contributed by atoms with Gasteiger partial charge < -0.3 is 34.3 Å². The molecular weight excluding hydrogens is 404 g/mol. The standard InChI is InChI=1S/C22H32N2O7/c1-22(2)14-30-21(15-4-6-16(28-3)7-5-15)31-18(22)19(26)23-9-8-17(25)20(27)24-10-12-29-13-11-24/h4-7,17-18,21,25H,8-14H2,1-3H3,(H,23,26)/t17?,18?,21-/m1/s1. The predicted molar refractivity (Wildman–Crippen MR) is 111 cm³/mol. The minimum atomic E-state index is -1.16. The summed E-state index contributed by atoms with van der Waals surface area (Å²) in [5.74, 6) is 0.0944. The highest BCUT2D eigenvalue weighted by molar-refractivity contribution is 5.82. The zero-order chi connectivity index (χ0) is 22.4. The monoisotopic (exact) mass is 436 g/mol. The minimum Gasteiger partial charge on any atom is -0.497 e. The second-order valence-electron chi connectivity index (χ2n) is 8.45. The number of carbonyl (C=O) groups excluding carboxylic acids is 2. The van der Waals surface area contributed by atoms with Crippen molar-refractivity contribution in [3.8, 4) is 5.75 Å². The summed E-state index contributed by atoms with van der Waals surface area (Å²) in [5.41, 5.74) is 0.260. The van der Waals surface area contributed by atoms with Crippen LogP contribution in [0.25, 0.3) is 0 Å². The summed E-state index contributed by atoms with van der Waals surface area (Å²) in [6.07, 6.45) is -2.43. The van der Waals surface area contributed by atoms with E-state index in [1.54, 1.807) is 12.0 Å². The third kappa shape index (κ3) is 5.94. The fourth-order valence-electron chi connectivity index (χ4n) is 3.61. The van der Waals surface area contributed by atoms with E-state index in [9.17, 15) is 14.7 Å². The van der Waals surface area contributed by atoms with Gasteiger partial charge in [-0.2, -0.15) is 0 Å². The zero-order valence-electron chi connectivity index (χ0n) is 18.3. The molecule has 2 aliphatic rings. The molecule has 0 bridgehead atoms. The molecule has 2 amide bonds. The lowest BCUT2D eigenvalue weighted by atomic mass is 9.85. The second kappa shape index (κ2) is 10.4. The highest BCUT2D eigenvalue weighted by Crippen LogP contribution is 2.36. The van der Waals surface area contributed by atoms with Gasteiger partial charge in [0.2, 0.25) is 5.91 Å². The summed E-state index contributed by atoms with van der Waals surface area (Å²) < 4.78 is 22.2. The third-order valence-electron chi connectivity index (χ3n) is 5.53. The lowest BCUT2D eigenvalue weighted by Crippen LogP contribution is -2.52.